The number of piperidine rings is 2. The van der Waals surface area contributed by atoms with Crippen LogP contribution in [0.4, 0.5) is 4.79 Å². The summed E-state index contributed by atoms with van der Waals surface area (Å²) in [6, 6.07) is 22.3. The van der Waals surface area contributed by atoms with Gasteiger partial charge in [-0.05, 0) is 72.6 Å². The zero-order valence-corrected chi connectivity index (χ0v) is 21.3. The van der Waals surface area contributed by atoms with Crippen LogP contribution in [-0.2, 0) is 4.74 Å². The second kappa shape index (κ2) is 9.50. The molecule has 0 spiro atoms. The van der Waals surface area contributed by atoms with Crippen molar-refractivity contribution in [1.82, 2.24) is 4.90 Å². The Morgan fingerprint density at radius 2 is 1.45 bits per heavy atom. The molecule has 0 saturated carbocycles. The Balaban J connectivity index is 1.05. The summed E-state index contributed by atoms with van der Waals surface area (Å²) in [7, 11) is 0. The van der Waals surface area contributed by atoms with Gasteiger partial charge in [-0.15, -0.1) is 0 Å². The molecule has 2 bridgehead atoms. The number of carbonyl (C=O) groups excluding carboxylic acids is 2. The Morgan fingerprint density at radius 1 is 0.816 bits per heavy atom. The third-order valence-electron chi connectivity index (χ3n) is 8.72. The standard InChI is InChI=1S/C32H31NO5/c34-31(20-12-13-29-30(18-20)37-15-14-36-29)21-16-22-6-5-7-23(17-21)33(22)32(35)38-19-28-26-10-3-1-8-24(26)25-9-2-4-11-27(25)28/h1-4,8-13,18,21-23,28H,5-7,14-17,19H2. The maximum Gasteiger partial charge on any atom is 0.410 e. The summed E-state index contributed by atoms with van der Waals surface area (Å²) >= 11 is 0. The number of carbonyl (C=O) groups is 2. The monoisotopic (exact) mass is 509 g/mol. The number of hydrogen-bond donors (Lipinski definition) is 0. The third-order valence-corrected chi connectivity index (χ3v) is 8.72. The molecule has 6 heteroatoms. The van der Waals surface area contributed by atoms with Crippen LogP contribution < -0.4 is 9.47 Å². The van der Waals surface area contributed by atoms with Gasteiger partial charge < -0.3 is 19.1 Å². The van der Waals surface area contributed by atoms with Crippen LogP contribution >= 0.6 is 0 Å². The smallest absolute Gasteiger partial charge is 0.410 e. The van der Waals surface area contributed by atoms with Gasteiger partial charge in [-0.2, -0.15) is 0 Å². The van der Waals surface area contributed by atoms with Gasteiger partial charge in [0.25, 0.3) is 0 Å². The van der Waals surface area contributed by atoms with Gasteiger partial charge in [-0.25, -0.2) is 4.79 Å². The highest BCUT2D eigenvalue weighted by atomic mass is 16.6. The number of Topliss-reactive ketones (excluding diaryl/α,β-unsaturated/α-hetero) is 1. The summed E-state index contributed by atoms with van der Waals surface area (Å²) in [5, 5.41) is 0. The highest BCUT2D eigenvalue weighted by molar-refractivity contribution is 5.98. The average molecular weight is 510 g/mol. The third kappa shape index (κ3) is 3.94. The number of ketones is 1. The molecule has 6 nitrogen and oxygen atoms in total. The summed E-state index contributed by atoms with van der Waals surface area (Å²) < 4.78 is 17.3. The molecule has 1 aliphatic carbocycles. The Hall–Kier alpha value is -3.80. The van der Waals surface area contributed by atoms with E-state index in [0.29, 0.717) is 49.7 Å². The molecule has 3 aromatic rings. The van der Waals surface area contributed by atoms with Crippen molar-refractivity contribution in [3.05, 3.63) is 83.4 Å². The fourth-order valence-corrected chi connectivity index (χ4v) is 6.99. The van der Waals surface area contributed by atoms with Crippen LogP contribution in [0.3, 0.4) is 0 Å². The van der Waals surface area contributed by atoms with E-state index in [0.717, 1.165) is 19.3 Å². The summed E-state index contributed by atoms with van der Waals surface area (Å²) in [6.07, 6.45) is 4.00. The van der Waals surface area contributed by atoms with Gasteiger partial charge in [0.05, 0.1) is 0 Å². The van der Waals surface area contributed by atoms with Crippen LogP contribution in [0.15, 0.2) is 66.7 Å². The van der Waals surface area contributed by atoms with Gasteiger partial charge in [0.2, 0.25) is 0 Å². The zero-order chi connectivity index (χ0) is 25.6. The van der Waals surface area contributed by atoms with Crippen LogP contribution in [-0.4, -0.2) is 48.7 Å². The number of hydrogen-bond acceptors (Lipinski definition) is 5. The molecular formula is C32H31NO5. The number of rotatable bonds is 4. The van der Waals surface area contributed by atoms with Crippen LogP contribution in [0, 0.1) is 5.92 Å². The van der Waals surface area contributed by atoms with Crippen molar-refractivity contribution in [3.8, 4) is 22.6 Å². The fourth-order valence-electron chi connectivity index (χ4n) is 6.99. The molecule has 38 heavy (non-hydrogen) atoms. The van der Waals surface area contributed by atoms with Gasteiger partial charge in [-0.1, -0.05) is 48.5 Å². The zero-order valence-electron chi connectivity index (χ0n) is 21.3. The van der Waals surface area contributed by atoms with E-state index in [1.165, 1.54) is 22.3 Å². The summed E-state index contributed by atoms with van der Waals surface area (Å²) in [6.45, 7) is 1.34. The molecule has 7 rings (SSSR count). The summed E-state index contributed by atoms with van der Waals surface area (Å²) in [5.74, 6) is 1.39. The van der Waals surface area contributed by atoms with Gasteiger partial charge in [-0.3, -0.25) is 4.79 Å². The van der Waals surface area contributed by atoms with Crippen LogP contribution in [0.2, 0.25) is 0 Å². The van der Waals surface area contributed by atoms with Crippen molar-refractivity contribution in [3.63, 3.8) is 0 Å². The second-order valence-electron chi connectivity index (χ2n) is 10.8. The van der Waals surface area contributed by atoms with Crippen molar-refractivity contribution in [2.75, 3.05) is 19.8 Å². The average Bonchev–Trinajstić information content (AvgIpc) is 3.28. The van der Waals surface area contributed by atoms with E-state index < -0.39 is 0 Å². The lowest BCUT2D eigenvalue weighted by atomic mass is 9.76. The molecule has 0 aromatic heterocycles. The Labute approximate surface area is 222 Å². The van der Waals surface area contributed by atoms with Gasteiger partial charge in [0.15, 0.2) is 17.3 Å². The van der Waals surface area contributed by atoms with Crippen LogP contribution in [0.25, 0.3) is 11.1 Å². The number of amides is 1. The second-order valence-corrected chi connectivity index (χ2v) is 10.8. The minimum Gasteiger partial charge on any atom is -0.486 e. The Bertz CT molecular complexity index is 1340. The molecule has 0 N–H and O–H groups in total. The quantitative estimate of drug-likeness (QED) is 0.391. The van der Waals surface area contributed by atoms with Crippen molar-refractivity contribution >= 4 is 11.9 Å². The van der Waals surface area contributed by atoms with Crippen molar-refractivity contribution in [1.29, 1.82) is 0 Å². The van der Waals surface area contributed by atoms with E-state index in [-0.39, 0.29) is 35.8 Å². The van der Waals surface area contributed by atoms with E-state index in [2.05, 4.69) is 36.4 Å². The predicted molar refractivity (Wildman–Crippen MR) is 143 cm³/mol. The molecule has 1 amide bonds. The normalized spacial score (nSPS) is 23.4. The number of nitrogens with zero attached hydrogens (tertiary/aromatic N) is 1. The van der Waals surface area contributed by atoms with Crippen molar-refractivity contribution in [2.24, 2.45) is 5.92 Å². The van der Waals surface area contributed by atoms with E-state index in [4.69, 9.17) is 14.2 Å². The van der Waals surface area contributed by atoms with Crippen LogP contribution in [0.5, 0.6) is 11.5 Å². The van der Waals surface area contributed by atoms with E-state index in [1.54, 1.807) is 0 Å². The molecular weight excluding hydrogens is 478 g/mol. The summed E-state index contributed by atoms with van der Waals surface area (Å²) in [4.78, 5) is 28.9. The molecule has 2 unspecified atom stereocenters. The van der Waals surface area contributed by atoms with Gasteiger partial charge in [0.1, 0.15) is 19.8 Å². The van der Waals surface area contributed by atoms with E-state index in [9.17, 15) is 9.59 Å². The molecule has 194 valence electrons. The maximum absolute atomic E-state index is 13.5. The van der Waals surface area contributed by atoms with Crippen molar-refractivity contribution in [2.45, 2.75) is 50.1 Å². The predicted octanol–water partition coefficient (Wildman–Crippen LogP) is 6.22. The number of benzene rings is 3. The highest BCUT2D eigenvalue weighted by Crippen LogP contribution is 2.45. The molecule has 3 heterocycles. The minimum atomic E-state index is -0.244. The number of fused-ring (bicyclic) bond motifs is 6. The van der Waals surface area contributed by atoms with E-state index in [1.807, 2.05) is 35.2 Å². The molecule has 2 fully saturated rings. The van der Waals surface area contributed by atoms with Crippen LogP contribution in [0.1, 0.15) is 59.5 Å². The minimum absolute atomic E-state index is 0.0318. The first-order valence-corrected chi connectivity index (χ1v) is 13.7. The largest absolute Gasteiger partial charge is 0.486 e. The lowest BCUT2D eigenvalue weighted by Gasteiger charge is -2.47. The van der Waals surface area contributed by atoms with Gasteiger partial charge >= 0.3 is 6.09 Å². The lowest BCUT2D eigenvalue weighted by Crippen LogP contribution is -2.55. The maximum atomic E-state index is 13.5. The highest BCUT2D eigenvalue weighted by Gasteiger charge is 2.44. The Kier molecular flexibility index (Phi) is 5.83. The molecule has 3 aromatic carbocycles. The van der Waals surface area contributed by atoms with Crippen molar-refractivity contribution < 1.29 is 23.8 Å². The fraction of sp³-hybridized carbons (Fsp3) is 0.375. The number of ether oxygens (including phenoxy) is 3. The van der Waals surface area contributed by atoms with E-state index >= 15 is 0 Å². The molecule has 2 saturated heterocycles. The topological polar surface area (TPSA) is 65.1 Å². The first-order valence-electron chi connectivity index (χ1n) is 13.7. The van der Waals surface area contributed by atoms with Gasteiger partial charge in [0, 0.05) is 29.5 Å². The molecule has 3 aliphatic heterocycles. The Morgan fingerprint density at radius 3 is 2.13 bits per heavy atom. The molecule has 4 aliphatic rings. The summed E-state index contributed by atoms with van der Waals surface area (Å²) in [5.41, 5.74) is 5.53. The SMILES string of the molecule is O=C(c1ccc2c(c1)OCCO2)C1CC2CCCC(C1)N2C(=O)OCC1c2ccccc2-c2ccccc21. The lowest BCUT2D eigenvalue weighted by molar-refractivity contribution is 0.00650. The first-order chi connectivity index (χ1) is 18.7. The molecule has 0 radical (unpaired) electrons. The molecule has 2 atom stereocenters. The first kappa shape index (κ1) is 23.3.